The van der Waals surface area contributed by atoms with Crippen LogP contribution in [0, 0.1) is 0 Å². The molecule has 17 heavy (non-hydrogen) atoms. The number of hydrogen-bond donors (Lipinski definition) is 4. The van der Waals surface area contributed by atoms with Crippen LogP contribution in [-0.2, 0) is 11.2 Å². The second-order valence-electron chi connectivity index (χ2n) is 3.66. The van der Waals surface area contributed by atoms with Crippen LogP contribution >= 0.6 is 11.6 Å². The molecule has 0 amide bonds. The van der Waals surface area contributed by atoms with Gasteiger partial charge in [-0.2, -0.15) is 0 Å². The number of aliphatic hydroxyl groups excluding tert-OH is 2. The van der Waals surface area contributed by atoms with Crippen molar-refractivity contribution in [1.29, 1.82) is 0 Å². The standard InChI is InChI=1S/C11H14ClNO4/c12-7-1-2-8(11(17)9(14)5-13)6(3-7)4-10(15)16/h1-3,9,11,14,17H,4-5,13H2,(H,15,16). The van der Waals surface area contributed by atoms with E-state index in [1.807, 2.05) is 0 Å². The number of rotatable bonds is 5. The van der Waals surface area contributed by atoms with Gasteiger partial charge in [0.15, 0.2) is 0 Å². The molecular formula is C11H14ClNO4. The molecular weight excluding hydrogens is 246 g/mol. The zero-order chi connectivity index (χ0) is 13.0. The molecule has 0 saturated carbocycles. The van der Waals surface area contributed by atoms with Crippen molar-refractivity contribution in [1.82, 2.24) is 0 Å². The van der Waals surface area contributed by atoms with Gasteiger partial charge in [0.2, 0.25) is 0 Å². The lowest BCUT2D eigenvalue weighted by molar-refractivity contribution is -0.136. The van der Waals surface area contributed by atoms with Gasteiger partial charge in [0.05, 0.1) is 12.5 Å². The third-order valence-electron chi connectivity index (χ3n) is 2.37. The fourth-order valence-electron chi connectivity index (χ4n) is 1.52. The lowest BCUT2D eigenvalue weighted by Crippen LogP contribution is -2.28. The zero-order valence-electron chi connectivity index (χ0n) is 9.01. The molecule has 0 fully saturated rings. The summed E-state index contributed by atoms with van der Waals surface area (Å²) in [7, 11) is 0. The van der Waals surface area contributed by atoms with Crippen LogP contribution in [0.5, 0.6) is 0 Å². The van der Waals surface area contributed by atoms with E-state index in [0.717, 1.165) is 0 Å². The molecule has 0 aliphatic rings. The zero-order valence-corrected chi connectivity index (χ0v) is 9.76. The number of carboxylic acids is 1. The minimum Gasteiger partial charge on any atom is -0.481 e. The predicted molar refractivity (Wildman–Crippen MR) is 62.8 cm³/mol. The number of aliphatic hydroxyl groups is 2. The van der Waals surface area contributed by atoms with Gasteiger partial charge in [0.1, 0.15) is 6.10 Å². The molecule has 6 heteroatoms. The van der Waals surface area contributed by atoms with Crippen molar-refractivity contribution in [2.75, 3.05) is 6.54 Å². The molecule has 0 aliphatic heterocycles. The smallest absolute Gasteiger partial charge is 0.307 e. The average molecular weight is 260 g/mol. The highest BCUT2D eigenvalue weighted by atomic mass is 35.5. The first-order valence-electron chi connectivity index (χ1n) is 5.02. The van der Waals surface area contributed by atoms with Crippen LogP contribution in [0.25, 0.3) is 0 Å². The van der Waals surface area contributed by atoms with E-state index in [1.54, 1.807) is 0 Å². The largest absolute Gasteiger partial charge is 0.481 e. The van der Waals surface area contributed by atoms with Gasteiger partial charge in [0.25, 0.3) is 0 Å². The summed E-state index contributed by atoms with van der Waals surface area (Å²) in [6.45, 7) is -0.115. The van der Waals surface area contributed by atoms with Gasteiger partial charge in [-0.25, -0.2) is 0 Å². The Morgan fingerprint density at radius 2 is 2.06 bits per heavy atom. The Morgan fingerprint density at radius 1 is 1.41 bits per heavy atom. The summed E-state index contributed by atoms with van der Waals surface area (Å²) in [4.78, 5) is 10.7. The Hall–Kier alpha value is -1.14. The highest BCUT2D eigenvalue weighted by Gasteiger charge is 2.20. The molecule has 94 valence electrons. The Balaban J connectivity index is 3.09. The van der Waals surface area contributed by atoms with Crippen LogP contribution < -0.4 is 5.73 Å². The summed E-state index contributed by atoms with van der Waals surface area (Å²) in [6, 6.07) is 4.47. The number of carboxylic acid groups (broad SMARTS) is 1. The number of hydrogen-bond acceptors (Lipinski definition) is 4. The minimum absolute atomic E-state index is 0.115. The van der Waals surface area contributed by atoms with E-state index in [0.29, 0.717) is 16.1 Å². The molecule has 1 aromatic rings. The molecule has 0 aliphatic carbocycles. The predicted octanol–water partition coefficient (Wildman–Crippen LogP) is 0.320. The summed E-state index contributed by atoms with van der Waals surface area (Å²) in [5.74, 6) is -1.04. The Bertz CT molecular complexity index is 410. The topological polar surface area (TPSA) is 104 Å². The first-order valence-corrected chi connectivity index (χ1v) is 5.39. The molecule has 0 aromatic heterocycles. The van der Waals surface area contributed by atoms with Gasteiger partial charge in [-0.15, -0.1) is 0 Å². The number of aliphatic carboxylic acids is 1. The molecule has 2 unspecified atom stereocenters. The second kappa shape index (κ2) is 5.97. The molecule has 0 bridgehead atoms. The monoisotopic (exact) mass is 259 g/mol. The highest BCUT2D eigenvalue weighted by Crippen LogP contribution is 2.24. The molecule has 5 nitrogen and oxygen atoms in total. The lowest BCUT2D eigenvalue weighted by atomic mass is 9.96. The van der Waals surface area contributed by atoms with Gasteiger partial charge >= 0.3 is 5.97 Å². The van der Waals surface area contributed by atoms with E-state index in [9.17, 15) is 15.0 Å². The number of nitrogens with two attached hydrogens (primary N) is 1. The summed E-state index contributed by atoms with van der Waals surface area (Å²) in [5.41, 5.74) is 5.93. The summed E-state index contributed by atoms with van der Waals surface area (Å²) in [6.07, 6.45) is -2.63. The second-order valence-corrected chi connectivity index (χ2v) is 4.10. The normalized spacial score (nSPS) is 14.4. The molecule has 1 rings (SSSR count). The van der Waals surface area contributed by atoms with Crippen LogP contribution in [0.15, 0.2) is 18.2 Å². The van der Waals surface area contributed by atoms with Gasteiger partial charge in [-0.05, 0) is 23.3 Å². The van der Waals surface area contributed by atoms with Crippen molar-refractivity contribution in [3.05, 3.63) is 34.3 Å². The van der Waals surface area contributed by atoms with Crippen molar-refractivity contribution in [3.8, 4) is 0 Å². The quantitative estimate of drug-likeness (QED) is 0.610. The maximum absolute atomic E-state index is 10.7. The van der Waals surface area contributed by atoms with Crippen molar-refractivity contribution >= 4 is 17.6 Å². The number of benzene rings is 1. The maximum atomic E-state index is 10.7. The molecule has 0 saturated heterocycles. The van der Waals surface area contributed by atoms with E-state index in [-0.39, 0.29) is 13.0 Å². The summed E-state index contributed by atoms with van der Waals surface area (Å²) in [5, 5.41) is 28.4. The van der Waals surface area contributed by atoms with E-state index < -0.39 is 18.2 Å². The van der Waals surface area contributed by atoms with Crippen LogP contribution in [0.3, 0.4) is 0 Å². The van der Waals surface area contributed by atoms with Gasteiger partial charge in [-0.1, -0.05) is 17.7 Å². The third-order valence-corrected chi connectivity index (χ3v) is 2.61. The fourth-order valence-corrected chi connectivity index (χ4v) is 1.71. The number of carbonyl (C=O) groups is 1. The first kappa shape index (κ1) is 13.9. The fraction of sp³-hybridized carbons (Fsp3) is 0.364. The summed E-state index contributed by atoms with van der Waals surface area (Å²) >= 11 is 5.76. The van der Waals surface area contributed by atoms with Crippen LogP contribution in [0.1, 0.15) is 17.2 Å². The van der Waals surface area contributed by atoms with Gasteiger partial charge in [-0.3, -0.25) is 4.79 Å². The highest BCUT2D eigenvalue weighted by molar-refractivity contribution is 6.30. The lowest BCUT2D eigenvalue weighted by Gasteiger charge is -2.19. The van der Waals surface area contributed by atoms with Crippen LogP contribution in [0.4, 0.5) is 0 Å². The molecule has 1 aromatic carbocycles. The van der Waals surface area contributed by atoms with E-state index >= 15 is 0 Å². The summed E-state index contributed by atoms with van der Waals surface area (Å²) < 4.78 is 0. The molecule has 5 N–H and O–H groups in total. The number of halogens is 1. The van der Waals surface area contributed by atoms with Crippen LogP contribution in [0.2, 0.25) is 5.02 Å². The van der Waals surface area contributed by atoms with Crippen molar-refractivity contribution in [2.24, 2.45) is 5.73 Å². The molecule has 0 radical (unpaired) electrons. The Morgan fingerprint density at radius 3 is 2.59 bits per heavy atom. The third kappa shape index (κ3) is 3.67. The molecule has 0 spiro atoms. The van der Waals surface area contributed by atoms with E-state index in [2.05, 4.69) is 0 Å². The molecule has 0 heterocycles. The van der Waals surface area contributed by atoms with E-state index in [4.69, 9.17) is 22.4 Å². The van der Waals surface area contributed by atoms with Gasteiger partial charge in [0, 0.05) is 11.6 Å². The SMILES string of the molecule is NCC(O)C(O)c1ccc(Cl)cc1CC(=O)O. The first-order chi connectivity index (χ1) is 7.95. The average Bonchev–Trinajstić information content (AvgIpc) is 2.26. The van der Waals surface area contributed by atoms with Crippen molar-refractivity contribution in [3.63, 3.8) is 0 Å². The van der Waals surface area contributed by atoms with Crippen molar-refractivity contribution < 1.29 is 20.1 Å². The Labute approximate surface area is 103 Å². The van der Waals surface area contributed by atoms with Gasteiger partial charge < -0.3 is 21.1 Å². The van der Waals surface area contributed by atoms with Crippen molar-refractivity contribution in [2.45, 2.75) is 18.6 Å². The van der Waals surface area contributed by atoms with E-state index in [1.165, 1.54) is 18.2 Å². The van der Waals surface area contributed by atoms with Crippen LogP contribution in [-0.4, -0.2) is 33.9 Å². The Kier molecular flexibility index (Phi) is 4.89. The maximum Gasteiger partial charge on any atom is 0.307 e. The minimum atomic E-state index is -1.22. The molecule has 2 atom stereocenters.